The Morgan fingerprint density at radius 1 is 1.00 bits per heavy atom. The van der Waals surface area contributed by atoms with Crippen LogP contribution in [0.4, 0.5) is 26.3 Å². The first-order valence-electron chi connectivity index (χ1n) is 4.24. The predicted octanol–water partition coefficient (Wildman–Crippen LogP) is 1.30. The molecule has 19 heavy (non-hydrogen) atoms. The molecule has 0 amide bonds. The first kappa shape index (κ1) is 16.8. The summed E-state index contributed by atoms with van der Waals surface area (Å²) in [6, 6.07) is 1.18. The minimum absolute atomic E-state index is 0.950. The Kier molecular flexibility index (Phi) is 5.90. The summed E-state index contributed by atoms with van der Waals surface area (Å²) in [5, 5.41) is 13.7. The molecule has 0 heterocycles. The molecular formula is C7H6F6N4O2. The Labute approximate surface area is 102 Å². The largest absolute Gasteiger partial charge is 0.425 e. The molecule has 0 rings (SSSR count). The predicted molar refractivity (Wildman–Crippen MR) is 48.7 cm³/mol. The lowest BCUT2D eigenvalue weighted by Gasteiger charge is -2.05. The van der Waals surface area contributed by atoms with Crippen LogP contribution in [0.3, 0.4) is 0 Å². The average molecular weight is 292 g/mol. The molecule has 0 aliphatic carbocycles. The van der Waals surface area contributed by atoms with Gasteiger partial charge in [0.25, 0.3) is 0 Å². The van der Waals surface area contributed by atoms with Gasteiger partial charge in [-0.15, -0.1) is 0 Å². The SMILES string of the molecule is N#CC(=NOCC(F)(F)F)C(N)=NOCC(F)(F)F. The summed E-state index contributed by atoms with van der Waals surface area (Å²) in [6.07, 6.45) is -9.37. The summed E-state index contributed by atoms with van der Waals surface area (Å²) in [5.41, 5.74) is 4.00. The van der Waals surface area contributed by atoms with Gasteiger partial charge in [-0.2, -0.15) is 31.6 Å². The van der Waals surface area contributed by atoms with Crippen molar-refractivity contribution in [2.75, 3.05) is 13.2 Å². The lowest BCUT2D eigenvalue weighted by molar-refractivity contribution is -0.174. The van der Waals surface area contributed by atoms with Gasteiger partial charge in [0.1, 0.15) is 6.07 Å². The number of hydrogen-bond acceptors (Lipinski definition) is 5. The van der Waals surface area contributed by atoms with E-state index in [2.05, 4.69) is 20.0 Å². The lowest BCUT2D eigenvalue weighted by atomic mass is 10.4. The van der Waals surface area contributed by atoms with E-state index in [1.807, 2.05) is 0 Å². The highest BCUT2D eigenvalue weighted by molar-refractivity contribution is 6.46. The van der Waals surface area contributed by atoms with Gasteiger partial charge in [0, 0.05) is 0 Å². The van der Waals surface area contributed by atoms with Crippen molar-refractivity contribution in [2.45, 2.75) is 12.4 Å². The first-order chi connectivity index (χ1) is 8.55. The standard InChI is InChI=1S/C7H6F6N4O2/c8-6(9,10)2-18-16-4(1-14)5(15)17-19-3-7(11,12)13/h2-3H2,(H2,15,17). The van der Waals surface area contributed by atoms with Crippen LogP contribution in [0.2, 0.25) is 0 Å². The van der Waals surface area contributed by atoms with Crippen molar-refractivity contribution in [3.05, 3.63) is 0 Å². The van der Waals surface area contributed by atoms with Gasteiger partial charge < -0.3 is 15.4 Å². The normalized spacial score (nSPS) is 13.9. The Bertz CT molecular complexity index is 394. The van der Waals surface area contributed by atoms with Gasteiger partial charge in [0.15, 0.2) is 0 Å². The Balaban J connectivity index is 4.48. The third-order valence-electron chi connectivity index (χ3n) is 1.12. The molecule has 108 valence electrons. The van der Waals surface area contributed by atoms with Crippen molar-refractivity contribution >= 4 is 11.5 Å². The fourth-order valence-corrected chi connectivity index (χ4v) is 0.513. The second kappa shape index (κ2) is 6.66. The van der Waals surface area contributed by atoms with Crippen LogP contribution >= 0.6 is 0 Å². The molecule has 0 bridgehead atoms. The highest BCUT2D eigenvalue weighted by Gasteiger charge is 2.29. The second-order valence-corrected chi connectivity index (χ2v) is 2.81. The maximum atomic E-state index is 11.7. The molecule has 0 atom stereocenters. The number of halogens is 6. The molecule has 6 nitrogen and oxygen atoms in total. The lowest BCUT2D eigenvalue weighted by Crippen LogP contribution is -2.25. The van der Waals surface area contributed by atoms with Crippen LogP contribution in [0.25, 0.3) is 0 Å². The molecule has 0 unspecified atom stereocenters. The monoisotopic (exact) mass is 292 g/mol. The van der Waals surface area contributed by atoms with Gasteiger partial charge in [0.05, 0.1) is 0 Å². The van der Waals surface area contributed by atoms with Crippen molar-refractivity contribution < 1.29 is 36.0 Å². The van der Waals surface area contributed by atoms with Gasteiger partial charge >= 0.3 is 12.4 Å². The van der Waals surface area contributed by atoms with Gasteiger partial charge in [0.2, 0.25) is 24.8 Å². The van der Waals surface area contributed by atoms with E-state index in [0.29, 0.717) is 0 Å². The molecule has 0 saturated carbocycles. The number of nitriles is 1. The summed E-state index contributed by atoms with van der Waals surface area (Å²) in [6.45, 7) is -3.58. The van der Waals surface area contributed by atoms with Crippen LogP contribution in [0, 0.1) is 11.3 Å². The van der Waals surface area contributed by atoms with E-state index in [4.69, 9.17) is 11.0 Å². The van der Waals surface area contributed by atoms with Crippen LogP contribution in [0.1, 0.15) is 0 Å². The van der Waals surface area contributed by atoms with Crippen molar-refractivity contribution in [1.29, 1.82) is 5.26 Å². The van der Waals surface area contributed by atoms with Gasteiger partial charge in [-0.05, 0) is 0 Å². The van der Waals surface area contributed by atoms with Gasteiger partial charge in [-0.25, -0.2) is 0 Å². The molecule has 0 fully saturated rings. The highest BCUT2D eigenvalue weighted by Crippen LogP contribution is 2.15. The van der Waals surface area contributed by atoms with E-state index >= 15 is 0 Å². The van der Waals surface area contributed by atoms with E-state index in [1.165, 1.54) is 6.07 Å². The Morgan fingerprint density at radius 2 is 1.42 bits per heavy atom. The summed E-state index contributed by atoms with van der Waals surface area (Å²) in [4.78, 5) is 7.44. The molecule has 0 radical (unpaired) electrons. The molecule has 0 aromatic heterocycles. The molecule has 0 saturated heterocycles. The minimum atomic E-state index is -4.69. The zero-order chi connectivity index (χ0) is 15.1. The van der Waals surface area contributed by atoms with Crippen LogP contribution in [0.15, 0.2) is 10.3 Å². The zero-order valence-electron chi connectivity index (χ0n) is 8.92. The van der Waals surface area contributed by atoms with E-state index in [-0.39, 0.29) is 0 Å². The average Bonchev–Trinajstić information content (AvgIpc) is 2.20. The zero-order valence-corrected chi connectivity index (χ0v) is 8.92. The Hall–Kier alpha value is -2.19. The van der Waals surface area contributed by atoms with E-state index in [9.17, 15) is 26.3 Å². The Morgan fingerprint density at radius 3 is 1.79 bits per heavy atom. The smallest absolute Gasteiger partial charge is 0.385 e. The topological polar surface area (TPSA) is 93.0 Å². The van der Waals surface area contributed by atoms with Gasteiger partial charge in [-0.1, -0.05) is 10.3 Å². The maximum Gasteiger partial charge on any atom is 0.425 e. The van der Waals surface area contributed by atoms with Crippen molar-refractivity contribution in [1.82, 2.24) is 0 Å². The van der Waals surface area contributed by atoms with Crippen LogP contribution in [0.5, 0.6) is 0 Å². The number of oxime groups is 2. The van der Waals surface area contributed by atoms with Crippen LogP contribution in [-0.4, -0.2) is 37.1 Å². The van der Waals surface area contributed by atoms with Crippen molar-refractivity contribution in [3.63, 3.8) is 0 Å². The van der Waals surface area contributed by atoms with Crippen molar-refractivity contribution in [3.8, 4) is 6.07 Å². The van der Waals surface area contributed by atoms with E-state index < -0.39 is 37.1 Å². The third kappa shape index (κ3) is 9.51. The quantitative estimate of drug-likeness (QED) is 0.357. The first-order valence-corrected chi connectivity index (χ1v) is 4.24. The molecule has 2 N–H and O–H groups in total. The fourth-order valence-electron chi connectivity index (χ4n) is 0.513. The third-order valence-corrected chi connectivity index (χ3v) is 1.12. The second-order valence-electron chi connectivity index (χ2n) is 2.81. The summed E-state index contributed by atoms with van der Waals surface area (Å²) in [7, 11) is 0. The number of alkyl halides is 6. The van der Waals surface area contributed by atoms with E-state index in [1.54, 1.807) is 0 Å². The van der Waals surface area contributed by atoms with Gasteiger partial charge in [-0.3, -0.25) is 0 Å². The van der Waals surface area contributed by atoms with Crippen molar-refractivity contribution in [2.24, 2.45) is 16.0 Å². The molecule has 0 aromatic carbocycles. The summed E-state index contributed by atoms with van der Waals surface area (Å²) >= 11 is 0. The van der Waals surface area contributed by atoms with Crippen LogP contribution in [-0.2, 0) is 9.68 Å². The molecule has 12 heteroatoms. The summed E-state index contributed by atoms with van der Waals surface area (Å²) < 4.78 is 69.9. The molecular weight excluding hydrogens is 286 g/mol. The summed E-state index contributed by atoms with van der Waals surface area (Å²) in [5.74, 6) is -0.950. The maximum absolute atomic E-state index is 11.7. The van der Waals surface area contributed by atoms with E-state index in [0.717, 1.165) is 0 Å². The minimum Gasteiger partial charge on any atom is -0.385 e. The molecule has 0 aliphatic heterocycles. The number of hydrogen-bond donors (Lipinski definition) is 1. The number of amidine groups is 1. The number of nitrogens with zero attached hydrogens (tertiary/aromatic N) is 3. The highest BCUT2D eigenvalue weighted by atomic mass is 19.4. The van der Waals surface area contributed by atoms with Crippen LogP contribution < -0.4 is 5.73 Å². The number of nitrogens with two attached hydrogens (primary N) is 1. The molecule has 0 spiro atoms. The number of rotatable bonds is 5. The molecule has 0 aromatic rings. The molecule has 0 aliphatic rings. The fraction of sp³-hybridized carbons (Fsp3) is 0.571.